The highest BCUT2D eigenvalue weighted by atomic mass is 35.5. The molecule has 0 aliphatic rings. The molecule has 2 heterocycles. The smallest absolute Gasteiger partial charge is 0.259 e. The molecule has 2 aromatic carbocycles. The van der Waals surface area contributed by atoms with E-state index in [-0.39, 0.29) is 11.5 Å². The minimum atomic E-state index is -0.290. The van der Waals surface area contributed by atoms with Gasteiger partial charge in [0.05, 0.1) is 15.6 Å². The number of nitrogens with one attached hydrogen (secondary N) is 2. The second-order valence-electron chi connectivity index (χ2n) is 6.89. The Morgan fingerprint density at radius 3 is 2.41 bits per heavy atom. The lowest BCUT2D eigenvalue weighted by Crippen LogP contribution is -2.20. The number of hydrogen-bond donors (Lipinski definition) is 2. The number of carbonyl (C=O) groups is 1. The second kappa shape index (κ2) is 8.82. The highest BCUT2D eigenvalue weighted by molar-refractivity contribution is 6.39. The van der Waals surface area contributed by atoms with E-state index >= 15 is 0 Å². The number of aromatic nitrogens is 3. The predicted octanol–water partition coefficient (Wildman–Crippen LogP) is 5.17. The van der Waals surface area contributed by atoms with E-state index in [9.17, 15) is 9.59 Å². The number of hydrogen-bond acceptors (Lipinski definition) is 5. The molecule has 0 fully saturated rings. The van der Waals surface area contributed by atoms with Gasteiger partial charge in [-0.3, -0.25) is 14.2 Å². The fourth-order valence-electron chi connectivity index (χ4n) is 3.20. The van der Waals surface area contributed by atoms with Crippen LogP contribution in [0.4, 0.5) is 17.3 Å². The van der Waals surface area contributed by atoms with Crippen LogP contribution in [0.3, 0.4) is 0 Å². The maximum Gasteiger partial charge on any atom is 0.259 e. The summed E-state index contributed by atoms with van der Waals surface area (Å²) < 4.78 is 1.44. The molecule has 4 aromatic rings. The van der Waals surface area contributed by atoms with Gasteiger partial charge in [0.2, 0.25) is 11.9 Å². The fraction of sp³-hybridized carbons (Fsp3) is 0.0435. The first kappa shape index (κ1) is 21.5. The number of carbonyl (C=O) groups excluding carboxylic acids is 1. The third kappa shape index (κ3) is 4.21. The molecule has 0 saturated heterocycles. The quantitative estimate of drug-likeness (QED) is 0.396. The van der Waals surface area contributed by atoms with Crippen molar-refractivity contribution in [3.63, 3.8) is 0 Å². The number of amides is 1. The average molecular weight is 466 g/mol. The molecule has 0 atom stereocenters. The second-order valence-corrected chi connectivity index (χ2v) is 7.70. The third-order valence-electron chi connectivity index (χ3n) is 4.77. The molecule has 0 radical (unpaired) electrons. The van der Waals surface area contributed by atoms with Crippen LogP contribution in [-0.4, -0.2) is 20.4 Å². The highest BCUT2D eigenvalue weighted by Crippen LogP contribution is 2.33. The van der Waals surface area contributed by atoms with E-state index in [1.54, 1.807) is 61.8 Å². The van der Waals surface area contributed by atoms with Crippen molar-refractivity contribution in [2.24, 2.45) is 7.05 Å². The molecular weight excluding hydrogens is 449 g/mol. The summed E-state index contributed by atoms with van der Waals surface area (Å²) in [5.41, 5.74) is 2.37. The number of pyridine rings is 1. The van der Waals surface area contributed by atoms with Crippen molar-refractivity contribution < 1.29 is 4.79 Å². The van der Waals surface area contributed by atoms with Crippen LogP contribution in [0.1, 0.15) is 0 Å². The molecule has 2 N–H and O–H groups in total. The number of anilines is 3. The van der Waals surface area contributed by atoms with Crippen LogP contribution in [0.15, 0.2) is 72.2 Å². The van der Waals surface area contributed by atoms with Crippen molar-refractivity contribution in [3.8, 4) is 11.1 Å². The summed E-state index contributed by atoms with van der Waals surface area (Å²) in [6.07, 6.45) is 2.82. The summed E-state index contributed by atoms with van der Waals surface area (Å²) in [6.45, 7) is 3.42. The van der Waals surface area contributed by atoms with Crippen LogP contribution < -0.4 is 16.2 Å². The maximum atomic E-state index is 13.0. The Hall–Kier alpha value is -3.68. The molecule has 0 saturated carbocycles. The predicted molar refractivity (Wildman–Crippen MR) is 129 cm³/mol. The zero-order valence-electron chi connectivity index (χ0n) is 16.9. The Morgan fingerprint density at radius 1 is 1.09 bits per heavy atom. The van der Waals surface area contributed by atoms with Gasteiger partial charge in [-0.2, -0.15) is 4.98 Å². The van der Waals surface area contributed by atoms with Crippen molar-refractivity contribution in [3.05, 3.63) is 87.8 Å². The Kier molecular flexibility index (Phi) is 5.94. The lowest BCUT2D eigenvalue weighted by Gasteiger charge is -2.12. The first-order valence-electron chi connectivity index (χ1n) is 9.49. The summed E-state index contributed by atoms with van der Waals surface area (Å²) in [5, 5.41) is 7.20. The van der Waals surface area contributed by atoms with Crippen molar-refractivity contribution in [2.75, 3.05) is 10.6 Å². The van der Waals surface area contributed by atoms with Gasteiger partial charge in [0.15, 0.2) is 0 Å². The normalized spacial score (nSPS) is 10.7. The van der Waals surface area contributed by atoms with Crippen LogP contribution >= 0.6 is 23.2 Å². The topological polar surface area (TPSA) is 88.9 Å². The van der Waals surface area contributed by atoms with Gasteiger partial charge in [-0.25, -0.2) is 4.98 Å². The lowest BCUT2D eigenvalue weighted by molar-refractivity contribution is -0.111. The Morgan fingerprint density at radius 2 is 1.75 bits per heavy atom. The summed E-state index contributed by atoms with van der Waals surface area (Å²) in [6, 6.07) is 13.8. The van der Waals surface area contributed by atoms with E-state index in [0.29, 0.717) is 49.5 Å². The first-order chi connectivity index (χ1) is 15.4. The minimum absolute atomic E-state index is 0.278. The number of rotatable bonds is 5. The monoisotopic (exact) mass is 465 g/mol. The van der Waals surface area contributed by atoms with Gasteiger partial charge in [0.25, 0.3) is 5.56 Å². The molecule has 7 nitrogen and oxygen atoms in total. The van der Waals surface area contributed by atoms with Crippen LogP contribution in [0.25, 0.3) is 22.2 Å². The summed E-state index contributed by atoms with van der Waals surface area (Å²) in [5.74, 6) is 0.0286. The number of fused-ring (bicyclic) bond motifs is 1. The molecule has 2 aromatic heterocycles. The summed E-state index contributed by atoms with van der Waals surface area (Å²) >= 11 is 12.6. The van der Waals surface area contributed by atoms with Crippen LogP contribution in [0.5, 0.6) is 0 Å². The molecule has 1 amide bonds. The molecule has 0 spiro atoms. The molecule has 32 heavy (non-hydrogen) atoms. The van der Waals surface area contributed by atoms with Gasteiger partial charge in [0, 0.05) is 35.6 Å². The van der Waals surface area contributed by atoms with Crippen LogP contribution in [0.2, 0.25) is 10.0 Å². The zero-order valence-corrected chi connectivity index (χ0v) is 18.4. The van der Waals surface area contributed by atoms with E-state index in [4.69, 9.17) is 23.2 Å². The standard InChI is InChI=1S/C23H17Cl2N5O2/c1-3-19(31)27-14-7-9-15(10-8-14)28-23-26-12-13-11-16(22(32)30(2)21(13)29-23)20-17(24)5-4-6-18(20)25/h3-12H,1H2,2H3,(H,27,31)(H,26,28,29). The zero-order chi connectivity index (χ0) is 22.8. The van der Waals surface area contributed by atoms with E-state index in [2.05, 4.69) is 27.2 Å². The van der Waals surface area contributed by atoms with Gasteiger partial charge < -0.3 is 10.6 Å². The van der Waals surface area contributed by atoms with Crippen LogP contribution in [0, 0.1) is 0 Å². The van der Waals surface area contributed by atoms with Gasteiger partial charge in [-0.15, -0.1) is 0 Å². The van der Waals surface area contributed by atoms with E-state index in [1.165, 1.54) is 10.6 Å². The Bertz CT molecular complexity index is 1390. The number of benzene rings is 2. The molecule has 4 rings (SSSR count). The third-order valence-corrected chi connectivity index (χ3v) is 5.40. The molecule has 0 aliphatic carbocycles. The molecule has 0 aliphatic heterocycles. The van der Waals surface area contributed by atoms with Gasteiger partial charge in [-0.1, -0.05) is 35.8 Å². The summed E-state index contributed by atoms with van der Waals surface area (Å²) in [7, 11) is 1.63. The number of nitrogens with zero attached hydrogens (tertiary/aromatic N) is 3. The van der Waals surface area contributed by atoms with Crippen LogP contribution in [-0.2, 0) is 11.8 Å². The maximum absolute atomic E-state index is 13.0. The van der Waals surface area contributed by atoms with Crippen molar-refractivity contribution in [2.45, 2.75) is 0 Å². The Balaban J connectivity index is 1.68. The van der Waals surface area contributed by atoms with E-state index in [1.807, 2.05) is 0 Å². The van der Waals surface area contributed by atoms with Crippen molar-refractivity contribution in [1.82, 2.24) is 14.5 Å². The average Bonchev–Trinajstić information content (AvgIpc) is 2.78. The van der Waals surface area contributed by atoms with Crippen molar-refractivity contribution >= 4 is 57.5 Å². The molecular formula is C23H17Cl2N5O2. The molecule has 9 heteroatoms. The first-order valence-corrected chi connectivity index (χ1v) is 10.2. The summed E-state index contributed by atoms with van der Waals surface area (Å²) in [4.78, 5) is 33.3. The van der Waals surface area contributed by atoms with Gasteiger partial charge in [0.1, 0.15) is 5.65 Å². The molecule has 160 valence electrons. The SMILES string of the molecule is C=CC(=O)Nc1ccc(Nc2ncc3cc(-c4c(Cl)cccc4Cl)c(=O)n(C)c3n2)cc1. The van der Waals surface area contributed by atoms with E-state index in [0.717, 1.165) is 0 Å². The minimum Gasteiger partial charge on any atom is -0.324 e. The molecule has 0 bridgehead atoms. The van der Waals surface area contributed by atoms with Crippen molar-refractivity contribution in [1.29, 1.82) is 0 Å². The largest absolute Gasteiger partial charge is 0.324 e. The lowest BCUT2D eigenvalue weighted by atomic mass is 10.1. The highest BCUT2D eigenvalue weighted by Gasteiger charge is 2.16. The van der Waals surface area contributed by atoms with E-state index < -0.39 is 0 Å². The van der Waals surface area contributed by atoms with Gasteiger partial charge in [-0.05, 0) is 48.5 Å². The number of aryl methyl sites for hydroxylation is 1. The molecule has 0 unspecified atom stereocenters. The fourth-order valence-corrected chi connectivity index (χ4v) is 3.80. The Labute approximate surface area is 193 Å². The number of halogens is 2. The van der Waals surface area contributed by atoms with Gasteiger partial charge >= 0.3 is 0 Å².